The Bertz CT molecular complexity index is 476. The van der Waals surface area contributed by atoms with Gasteiger partial charge in [-0.1, -0.05) is 37.3 Å². The molecule has 0 aliphatic carbocycles. The molecule has 0 saturated heterocycles. The zero-order chi connectivity index (χ0) is 13.5. The van der Waals surface area contributed by atoms with Gasteiger partial charge in [-0.3, -0.25) is 0 Å². The van der Waals surface area contributed by atoms with Crippen molar-refractivity contribution in [1.82, 2.24) is 14.9 Å². The average Bonchev–Trinajstić information content (AvgIpc) is 2.91. The van der Waals surface area contributed by atoms with Gasteiger partial charge in [0.15, 0.2) is 0 Å². The molecular weight excluding hydrogens is 234 g/mol. The van der Waals surface area contributed by atoms with E-state index in [9.17, 15) is 0 Å². The fourth-order valence-electron chi connectivity index (χ4n) is 2.31. The van der Waals surface area contributed by atoms with Crippen LogP contribution in [0.1, 0.15) is 37.7 Å². The normalized spacial score (nSPS) is 12.5. The van der Waals surface area contributed by atoms with Crippen molar-refractivity contribution in [2.45, 2.75) is 39.3 Å². The van der Waals surface area contributed by atoms with E-state index in [1.807, 2.05) is 6.20 Å². The Morgan fingerprint density at radius 1 is 1.21 bits per heavy atom. The molecule has 3 heteroatoms. The smallest absolute Gasteiger partial charge is 0.110 e. The van der Waals surface area contributed by atoms with E-state index >= 15 is 0 Å². The Labute approximate surface area is 115 Å². The highest BCUT2D eigenvalue weighted by molar-refractivity contribution is 5.20. The summed E-state index contributed by atoms with van der Waals surface area (Å²) >= 11 is 0. The van der Waals surface area contributed by atoms with Crippen LogP contribution in [0.3, 0.4) is 0 Å². The zero-order valence-corrected chi connectivity index (χ0v) is 11.8. The molecule has 0 saturated carbocycles. The molecule has 0 fully saturated rings. The molecule has 19 heavy (non-hydrogen) atoms. The van der Waals surface area contributed by atoms with Gasteiger partial charge in [0, 0.05) is 31.4 Å². The fourth-order valence-corrected chi connectivity index (χ4v) is 2.31. The molecule has 0 bridgehead atoms. The van der Waals surface area contributed by atoms with Gasteiger partial charge in [-0.05, 0) is 25.5 Å². The van der Waals surface area contributed by atoms with Crippen LogP contribution in [0.25, 0.3) is 0 Å². The largest absolute Gasteiger partial charge is 0.335 e. The lowest BCUT2D eigenvalue weighted by molar-refractivity contribution is 0.506. The van der Waals surface area contributed by atoms with Gasteiger partial charge >= 0.3 is 0 Å². The second-order valence-corrected chi connectivity index (χ2v) is 4.75. The van der Waals surface area contributed by atoms with Crippen molar-refractivity contribution in [3.8, 4) is 0 Å². The van der Waals surface area contributed by atoms with Gasteiger partial charge in [0.25, 0.3) is 0 Å². The van der Waals surface area contributed by atoms with Gasteiger partial charge < -0.3 is 9.88 Å². The SMILES string of the molecule is CCCNC(Cc1nccn1CC)c1ccccc1. The maximum atomic E-state index is 4.48. The monoisotopic (exact) mass is 257 g/mol. The van der Waals surface area contributed by atoms with Crippen LogP contribution in [-0.2, 0) is 13.0 Å². The summed E-state index contributed by atoms with van der Waals surface area (Å²) in [5.41, 5.74) is 1.33. The van der Waals surface area contributed by atoms with Crippen LogP contribution in [0.5, 0.6) is 0 Å². The summed E-state index contributed by atoms with van der Waals surface area (Å²) in [7, 11) is 0. The van der Waals surface area contributed by atoms with Crippen molar-refractivity contribution in [3.05, 3.63) is 54.1 Å². The van der Waals surface area contributed by atoms with Crippen LogP contribution >= 0.6 is 0 Å². The molecule has 0 aliphatic heterocycles. The quantitative estimate of drug-likeness (QED) is 0.825. The van der Waals surface area contributed by atoms with E-state index < -0.39 is 0 Å². The second-order valence-electron chi connectivity index (χ2n) is 4.75. The van der Waals surface area contributed by atoms with Crippen molar-refractivity contribution < 1.29 is 0 Å². The van der Waals surface area contributed by atoms with Gasteiger partial charge in [-0.2, -0.15) is 0 Å². The number of imidazole rings is 1. The summed E-state index contributed by atoms with van der Waals surface area (Å²) < 4.78 is 2.21. The molecule has 1 aromatic carbocycles. The minimum Gasteiger partial charge on any atom is -0.335 e. The molecule has 1 aromatic heterocycles. The molecule has 0 aliphatic rings. The molecule has 3 nitrogen and oxygen atoms in total. The van der Waals surface area contributed by atoms with Crippen molar-refractivity contribution in [1.29, 1.82) is 0 Å². The van der Waals surface area contributed by atoms with Crippen molar-refractivity contribution in [2.75, 3.05) is 6.54 Å². The molecule has 0 spiro atoms. The Hall–Kier alpha value is -1.61. The summed E-state index contributed by atoms with van der Waals surface area (Å²) in [4.78, 5) is 4.48. The Balaban J connectivity index is 2.14. The number of nitrogens with one attached hydrogen (secondary N) is 1. The first-order chi connectivity index (χ1) is 9.35. The van der Waals surface area contributed by atoms with E-state index in [0.717, 1.165) is 31.8 Å². The van der Waals surface area contributed by atoms with E-state index in [4.69, 9.17) is 0 Å². The van der Waals surface area contributed by atoms with Gasteiger partial charge in [0.05, 0.1) is 0 Å². The van der Waals surface area contributed by atoms with Gasteiger partial charge in [0.1, 0.15) is 5.82 Å². The predicted octanol–water partition coefficient (Wildman–Crippen LogP) is 3.19. The van der Waals surface area contributed by atoms with Crippen molar-refractivity contribution in [2.24, 2.45) is 0 Å². The summed E-state index contributed by atoms with van der Waals surface area (Å²) in [6.07, 6.45) is 6.02. The van der Waals surface area contributed by atoms with Crippen molar-refractivity contribution in [3.63, 3.8) is 0 Å². The van der Waals surface area contributed by atoms with Crippen molar-refractivity contribution >= 4 is 0 Å². The molecule has 0 radical (unpaired) electrons. The topological polar surface area (TPSA) is 29.9 Å². The third kappa shape index (κ3) is 3.67. The van der Waals surface area contributed by atoms with E-state index in [0.29, 0.717) is 6.04 Å². The molecule has 1 N–H and O–H groups in total. The number of aromatic nitrogens is 2. The number of nitrogens with zero attached hydrogens (tertiary/aromatic N) is 2. The summed E-state index contributed by atoms with van der Waals surface area (Å²) in [5, 5.41) is 3.62. The van der Waals surface area contributed by atoms with Crippen LogP contribution < -0.4 is 5.32 Å². The maximum Gasteiger partial charge on any atom is 0.110 e. The lowest BCUT2D eigenvalue weighted by Crippen LogP contribution is -2.25. The number of hydrogen-bond acceptors (Lipinski definition) is 2. The average molecular weight is 257 g/mol. The van der Waals surface area contributed by atoms with E-state index in [1.54, 1.807) is 0 Å². The zero-order valence-electron chi connectivity index (χ0n) is 11.8. The first-order valence-electron chi connectivity index (χ1n) is 7.13. The Morgan fingerprint density at radius 3 is 2.68 bits per heavy atom. The molecule has 1 unspecified atom stereocenters. The third-order valence-electron chi connectivity index (χ3n) is 3.37. The highest BCUT2D eigenvalue weighted by Gasteiger charge is 2.13. The first kappa shape index (κ1) is 13.8. The minimum atomic E-state index is 0.342. The molecule has 1 heterocycles. The molecule has 2 rings (SSSR count). The first-order valence-corrected chi connectivity index (χ1v) is 7.13. The standard InChI is InChI=1S/C16H23N3/c1-3-10-17-15(14-8-6-5-7-9-14)13-16-18-11-12-19(16)4-2/h5-9,11-12,15,17H,3-4,10,13H2,1-2H3. The second kappa shape index (κ2) is 7.10. The highest BCUT2D eigenvalue weighted by Crippen LogP contribution is 2.17. The van der Waals surface area contributed by atoms with E-state index in [1.165, 1.54) is 5.56 Å². The fraction of sp³-hybridized carbons (Fsp3) is 0.438. The lowest BCUT2D eigenvalue weighted by Gasteiger charge is -2.19. The Kier molecular flexibility index (Phi) is 5.16. The Morgan fingerprint density at radius 2 is 2.00 bits per heavy atom. The van der Waals surface area contributed by atoms with Crippen LogP contribution in [0, 0.1) is 0 Å². The maximum absolute atomic E-state index is 4.48. The molecule has 102 valence electrons. The minimum absolute atomic E-state index is 0.342. The summed E-state index contributed by atoms with van der Waals surface area (Å²) in [6, 6.07) is 11.0. The number of benzene rings is 1. The molecule has 0 amide bonds. The summed E-state index contributed by atoms with van der Waals surface area (Å²) in [6.45, 7) is 6.36. The van der Waals surface area contributed by atoms with Gasteiger partial charge in [0.2, 0.25) is 0 Å². The van der Waals surface area contributed by atoms with E-state index in [2.05, 4.69) is 65.2 Å². The molecule has 1 atom stereocenters. The lowest BCUT2D eigenvalue weighted by atomic mass is 10.0. The molecular formula is C16H23N3. The number of aryl methyl sites for hydroxylation is 1. The van der Waals surface area contributed by atoms with E-state index in [-0.39, 0.29) is 0 Å². The number of hydrogen-bond donors (Lipinski definition) is 1. The van der Waals surface area contributed by atoms with Crippen LogP contribution in [-0.4, -0.2) is 16.1 Å². The third-order valence-corrected chi connectivity index (χ3v) is 3.37. The number of rotatable bonds is 7. The van der Waals surface area contributed by atoms with Crippen LogP contribution in [0.2, 0.25) is 0 Å². The predicted molar refractivity (Wildman–Crippen MR) is 79.1 cm³/mol. The highest BCUT2D eigenvalue weighted by atomic mass is 15.1. The van der Waals surface area contributed by atoms with Crippen LogP contribution in [0.4, 0.5) is 0 Å². The van der Waals surface area contributed by atoms with Crippen LogP contribution in [0.15, 0.2) is 42.7 Å². The molecule has 2 aromatic rings. The van der Waals surface area contributed by atoms with Gasteiger partial charge in [-0.25, -0.2) is 4.98 Å². The summed E-state index contributed by atoms with van der Waals surface area (Å²) in [5.74, 6) is 1.15. The van der Waals surface area contributed by atoms with Gasteiger partial charge in [-0.15, -0.1) is 0 Å².